The summed E-state index contributed by atoms with van der Waals surface area (Å²) < 4.78 is 5.44. The fourth-order valence-electron chi connectivity index (χ4n) is 4.46. The van der Waals surface area contributed by atoms with E-state index in [4.69, 9.17) is 4.74 Å². The van der Waals surface area contributed by atoms with Gasteiger partial charge in [0.15, 0.2) is 0 Å². The van der Waals surface area contributed by atoms with Crippen molar-refractivity contribution in [2.45, 2.75) is 10.1 Å². The van der Waals surface area contributed by atoms with Gasteiger partial charge < -0.3 is 20.7 Å². The van der Waals surface area contributed by atoms with Crippen molar-refractivity contribution < 1.29 is 19.1 Å². The highest BCUT2D eigenvalue weighted by atomic mass is 32.2. The summed E-state index contributed by atoms with van der Waals surface area (Å²) in [5, 5.41) is 8.12. The second-order valence-electron chi connectivity index (χ2n) is 9.86. The molecule has 0 spiro atoms. The van der Waals surface area contributed by atoms with Crippen LogP contribution in [0.1, 0.15) is 26.7 Å². The zero-order chi connectivity index (χ0) is 31.4. The summed E-state index contributed by atoms with van der Waals surface area (Å²) in [6.07, 6.45) is 1.58. The summed E-state index contributed by atoms with van der Waals surface area (Å²) >= 11 is 1.41. The largest absolute Gasteiger partial charge is 0.496 e. The predicted octanol–water partition coefficient (Wildman–Crippen LogP) is 7.58. The average molecular weight is 614 g/mol. The highest BCUT2D eigenvalue weighted by molar-refractivity contribution is 8.00. The highest BCUT2D eigenvalue weighted by Crippen LogP contribution is 2.36. The monoisotopic (exact) mass is 613 g/mol. The Morgan fingerprint density at radius 1 is 0.667 bits per heavy atom. The van der Waals surface area contributed by atoms with E-state index in [2.05, 4.69) is 16.0 Å². The lowest BCUT2D eigenvalue weighted by molar-refractivity contribution is -0.116. The number of methoxy groups -OCH3 is 1. The Morgan fingerprint density at radius 2 is 1.24 bits per heavy atom. The van der Waals surface area contributed by atoms with Crippen LogP contribution in [0.5, 0.6) is 5.75 Å². The third-order valence-corrected chi connectivity index (χ3v) is 7.98. The molecule has 0 aliphatic carbocycles. The number of anilines is 2. The van der Waals surface area contributed by atoms with Crippen LogP contribution in [0.2, 0.25) is 0 Å². The van der Waals surface area contributed by atoms with Crippen molar-refractivity contribution in [1.82, 2.24) is 5.32 Å². The van der Waals surface area contributed by atoms with Gasteiger partial charge in [-0.3, -0.25) is 14.4 Å². The van der Waals surface area contributed by atoms with E-state index in [-0.39, 0.29) is 11.6 Å². The Hall–Kier alpha value is -5.60. The van der Waals surface area contributed by atoms with E-state index in [1.165, 1.54) is 11.8 Å². The van der Waals surface area contributed by atoms with Crippen molar-refractivity contribution in [3.8, 4) is 5.75 Å². The number of benzene rings is 5. The third kappa shape index (κ3) is 8.49. The molecule has 0 bridgehead atoms. The standard InChI is InChI=1S/C37H31N3O4S/c1-44-33-20-12-11-17-28(33)25-32(40-35(41)27-15-7-3-8-16-27)36(42)38-30-21-23-31(24-22-30)45-34(26-13-5-2-6-14-26)37(43)39-29-18-9-4-10-19-29/h2-25,34H,1H3,(H,38,42)(H,39,43)(H,40,41)/b32-25-. The van der Waals surface area contributed by atoms with Gasteiger partial charge >= 0.3 is 0 Å². The van der Waals surface area contributed by atoms with E-state index in [0.717, 1.165) is 16.1 Å². The molecule has 0 heterocycles. The molecule has 0 aromatic heterocycles. The summed E-state index contributed by atoms with van der Waals surface area (Å²) in [7, 11) is 1.54. The lowest BCUT2D eigenvalue weighted by Gasteiger charge is -2.17. The van der Waals surface area contributed by atoms with E-state index in [1.54, 1.807) is 61.7 Å². The molecule has 8 heteroatoms. The molecule has 0 saturated carbocycles. The normalized spacial score (nSPS) is 11.6. The Bertz CT molecular complexity index is 1780. The lowest BCUT2D eigenvalue weighted by atomic mass is 10.1. The number of hydrogen-bond donors (Lipinski definition) is 3. The van der Waals surface area contributed by atoms with Crippen LogP contribution in [0, 0.1) is 0 Å². The van der Waals surface area contributed by atoms with Gasteiger partial charge in [0, 0.05) is 27.4 Å². The van der Waals surface area contributed by atoms with Gasteiger partial charge in [-0.15, -0.1) is 11.8 Å². The predicted molar refractivity (Wildman–Crippen MR) is 180 cm³/mol. The average Bonchev–Trinajstić information content (AvgIpc) is 3.09. The molecule has 0 aliphatic rings. The topological polar surface area (TPSA) is 96.5 Å². The van der Waals surface area contributed by atoms with Gasteiger partial charge in [0.1, 0.15) is 16.7 Å². The van der Waals surface area contributed by atoms with E-state index < -0.39 is 17.1 Å². The first kappa shape index (κ1) is 30.8. The maximum Gasteiger partial charge on any atom is 0.272 e. The van der Waals surface area contributed by atoms with E-state index in [0.29, 0.717) is 22.6 Å². The Labute approximate surface area is 266 Å². The minimum Gasteiger partial charge on any atom is -0.496 e. The molecular formula is C37H31N3O4S. The van der Waals surface area contributed by atoms with Gasteiger partial charge in [-0.05, 0) is 66.2 Å². The summed E-state index contributed by atoms with van der Waals surface area (Å²) in [6, 6.07) is 42.0. The van der Waals surface area contributed by atoms with E-state index >= 15 is 0 Å². The third-order valence-electron chi connectivity index (χ3n) is 6.72. The quantitative estimate of drug-likeness (QED) is 0.105. The Morgan fingerprint density at radius 3 is 1.91 bits per heavy atom. The van der Waals surface area contributed by atoms with Gasteiger partial charge in [-0.1, -0.05) is 84.9 Å². The van der Waals surface area contributed by atoms with Crippen LogP contribution in [0.3, 0.4) is 0 Å². The van der Waals surface area contributed by atoms with Crippen molar-refractivity contribution in [2.75, 3.05) is 17.7 Å². The molecule has 5 aromatic rings. The van der Waals surface area contributed by atoms with Crippen molar-refractivity contribution in [2.24, 2.45) is 0 Å². The molecule has 5 rings (SSSR count). The smallest absolute Gasteiger partial charge is 0.272 e. The lowest BCUT2D eigenvalue weighted by Crippen LogP contribution is -2.30. The molecular weight excluding hydrogens is 582 g/mol. The molecule has 1 atom stereocenters. The molecule has 3 amide bonds. The molecule has 0 fully saturated rings. The van der Waals surface area contributed by atoms with Crippen molar-refractivity contribution in [3.05, 3.63) is 162 Å². The first-order valence-corrected chi connectivity index (χ1v) is 15.1. The van der Waals surface area contributed by atoms with Gasteiger partial charge in [-0.25, -0.2) is 0 Å². The van der Waals surface area contributed by atoms with Crippen LogP contribution in [-0.2, 0) is 9.59 Å². The molecule has 0 aliphatic heterocycles. The maximum absolute atomic E-state index is 13.5. The van der Waals surface area contributed by atoms with Crippen LogP contribution in [0.4, 0.5) is 11.4 Å². The number of ether oxygens (including phenoxy) is 1. The number of para-hydroxylation sites is 2. The second kappa shape index (κ2) is 15.2. The van der Waals surface area contributed by atoms with Crippen LogP contribution in [0.25, 0.3) is 6.08 Å². The molecule has 0 saturated heterocycles. The number of carbonyl (C=O) groups excluding carboxylic acids is 3. The van der Waals surface area contributed by atoms with E-state index in [1.807, 2.05) is 91.0 Å². The molecule has 7 nitrogen and oxygen atoms in total. The second-order valence-corrected chi connectivity index (χ2v) is 11.0. The van der Waals surface area contributed by atoms with Crippen LogP contribution < -0.4 is 20.7 Å². The zero-order valence-electron chi connectivity index (χ0n) is 24.5. The van der Waals surface area contributed by atoms with Gasteiger partial charge in [0.05, 0.1) is 7.11 Å². The molecule has 3 N–H and O–H groups in total. The number of amides is 3. The molecule has 224 valence electrons. The van der Waals surface area contributed by atoms with Crippen LogP contribution in [0.15, 0.2) is 150 Å². The Kier molecular flexibility index (Phi) is 10.4. The van der Waals surface area contributed by atoms with Gasteiger partial charge in [-0.2, -0.15) is 0 Å². The minimum absolute atomic E-state index is 0.0496. The number of hydrogen-bond acceptors (Lipinski definition) is 5. The number of rotatable bonds is 11. The van der Waals surface area contributed by atoms with Gasteiger partial charge in [0.25, 0.3) is 11.8 Å². The molecule has 1 unspecified atom stereocenters. The summed E-state index contributed by atoms with van der Waals surface area (Å²) in [6.45, 7) is 0. The molecule has 5 aromatic carbocycles. The number of nitrogens with one attached hydrogen (secondary N) is 3. The van der Waals surface area contributed by atoms with E-state index in [9.17, 15) is 14.4 Å². The number of thioether (sulfide) groups is 1. The van der Waals surface area contributed by atoms with Crippen molar-refractivity contribution in [1.29, 1.82) is 0 Å². The molecule has 0 radical (unpaired) electrons. The number of carbonyl (C=O) groups is 3. The Balaban J connectivity index is 1.34. The highest BCUT2D eigenvalue weighted by Gasteiger charge is 2.22. The van der Waals surface area contributed by atoms with Crippen LogP contribution in [-0.4, -0.2) is 24.8 Å². The maximum atomic E-state index is 13.5. The van der Waals surface area contributed by atoms with Crippen molar-refractivity contribution in [3.63, 3.8) is 0 Å². The van der Waals surface area contributed by atoms with Gasteiger partial charge in [0.2, 0.25) is 5.91 Å². The van der Waals surface area contributed by atoms with Crippen molar-refractivity contribution >= 4 is 46.9 Å². The SMILES string of the molecule is COc1ccccc1/C=C(\NC(=O)c1ccccc1)C(=O)Nc1ccc(SC(C(=O)Nc2ccccc2)c2ccccc2)cc1. The molecule has 45 heavy (non-hydrogen) atoms. The fraction of sp³-hybridized carbons (Fsp3) is 0.0541. The van der Waals surface area contributed by atoms with Crippen LogP contribution >= 0.6 is 11.8 Å². The zero-order valence-corrected chi connectivity index (χ0v) is 25.3. The first-order valence-electron chi connectivity index (χ1n) is 14.2. The first-order chi connectivity index (χ1) is 22.0. The summed E-state index contributed by atoms with van der Waals surface area (Å²) in [4.78, 5) is 40.7. The fourth-order valence-corrected chi connectivity index (χ4v) is 5.49. The summed E-state index contributed by atoms with van der Waals surface area (Å²) in [5.74, 6) is -0.508. The summed E-state index contributed by atoms with van der Waals surface area (Å²) in [5.41, 5.74) is 3.21. The minimum atomic E-state index is -0.505.